The van der Waals surface area contributed by atoms with Gasteiger partial charge in [-0.15, -0.1) is 0 Å². The van der Waals surface area contributed by atoms with Gasteiger partial charge in [0.15, 0.2) is 6.61 Å². The van der Waals surface area contributed by atoms with Crippen LogP contribution < -0.4 is 14.9 Å². The lowest BCUT2D eigenvalue weighted by molar-refractivity contribution is -0.123. The predicted molar refractivity (Wildman–Crippen MR) is 106 cm³/mol. The number of ether oxygens (including phenoxy) is 3. The lowest BCUT2D eigenvalue weighted by Crippen LogP contribution is -2.25. The molecule has 1 aromatic carbocycles. The second-order valence-corrected chi connectivity index (χ2v) is 6.48. The Balaban J connectivity index is 1.97. The topological polar surface area (TPSA) is 106 Å². The smallest absolute Gasteiger partial charge is 0.278 e. The number of carbonyl (C=O) groups excluding carboxylic acids is 1. The third kappa shape index (κ3) is 5.77. The van der Waals surface area contributed by atoms with E-state index >= 15 is 0 Å². The van der Waals surface area contributed by atoms with Crippen LogP contribution in [0.5, 0.6) is 11.6 Å². The lowest BCUT2D eigenvalue weighted by Gasteiger charge is -2.10. The number of aryl methyl sites for hydroxylation is 1. The third-order valence-electron chi connectivity index (χ3n) is 3.53. The fourth-order valence-electron chi connectivity index (χ4n) is 2.31. The van der Waals surface area contributed by atoms with Gasteiger partial charge in [-0.2, -0.15) is 10.4 Å². The summed E-state index contributed by atoms with van der Waals surface area (Å²) in [5.74, 6) is 0.304. The number of aromatic nitrogens is 1. The molecule has 0 radical (unpaired) electrons. The first-order valence-electron chi connectivity index (χ1n) is 8.16. The van der Waals surface area contributed by atoms with Crippen molar-refractivity contribution in [3.63, 3.8) is 0 Å². The highest BCUT2D eigenvalue weighted by Gasteiger charge is 2.14. The Labute approximate surface area is 171 Å². The van der Waals surface area contributed by atoms with Gasteiger partial charge in [-0.3, -0.25) is 4.79 Å². The maximum Gasteiger partial charge on any atom is 0.278 e. The van der Waals surface area contributed by atoms with Gasteiger partial charge < -0.3 is 14.2 Å². The molecule has 0 bridgehead atoms. The number of amides is 1. The number of rotatable bonds is 8. The molecule has 0 atom stereocenters. The molecule has 0 saturated carbocycles. The Bertz CT molecular complexity index is 925. The van der Waals surface area contributed by atoms with Crippen molar-refractivity contribution in [3.05, 3.63) is 51.1 Å². The van der Waals surface area contributed by atoms with Gasteiger partial charge in [0, 0.05) is 18.4 Å². The Morgan fingerprint density at radius 1 is 1.39 bits per heavy atom. The molecule has 146 valence electrons. The summed E-state index contributed by atoms with van der Waals surface area (Å²) in [6.07, 6.45) is 1.49. The highest BCUT2D eigenvalue weighted by atomic mass is 79.9. The minimum absolute atomic E-state index is 0.0905. The Morgan fingerprint density at radius 2 is 2.18 bits per heavy atom. The van der Waals surface area contributed by atoms with Crippen molar-refractivity contribution in [2.45, 2.75) is 13.5 Å². The van der Waals surface area contributed by atoms with Gasteiger partial charge in [0.2, 0.25) is 5.88 Å². The second kappa shape index (κ2) is 10.4. The van der Waals surface area contributed by atoms with Crippen LogP contribution in [0.3, 0.4) is 0 Å². The summed E-state index contributed by atoms with van der Waals surface area (Å²) in [6, 6.07) is 9.15. The number of nitrogens with zero attached hydrogens (tertiary/aromatic N) is 3. The van der Waals surface area contributed by atoms with Crippen LogP contribution in [-0.2, 0) is 16.1 Å². The predicted octanol–water partition coefficient (Wildman–Crippen LogP) is 2.71. The first-order valence-corrected chi connectivity index (χ1v) is 8.95. The summed E-state index contributed by atoms with van der Waals surface area (Å²) < 4.78 is 16.4. The quantitative estimate of drug-likeness (QED) is 0.493. The molecular formula is C19H19BrN4O4. The van der Waals surface area contributed by atoms with E-state index in [1.54, 1.807) is 38.3 Å². The molecule has 1 amide bonds. The number of hydrazone groups is 1. The highest BCUT2D eigenvalue weighted by molar-refractivity contribution is 9.10. The van der Waals surface area contributed by atoms with Gasteiger partial charge in [-0.1, -0.05) is 0 Å². The first kappa shape index (κ1) is 21.3. The number of nitriles is 1. The summed E-state index contributed by atoms with van der Waals surface area (Å²) in [6.45, 7) is 1.68. The van der Waals surface area contributed by atoms with Crippen LogP contribution in [0.25, 0.3) is 0 Å². The molecular weight excluding hydrogens is 428 g/mol. The molecule has 1 aromatic heterocycles. The number of benzene rings is 1. The van der Waals surface area contributed by atoms with Crippen molar-refractivity contribution in [1.29, 1.82) is 5.26 Å². The number of hydrogen-bond donors (Lipinski definition) is 1. The van der Waals surface area contributed by atoms with Gasteiger partial charge in [-0.05, 0) is 52.7 Å². The highest BCUT2D eigenvalue weighted by Crippen LogP contribution is 2.25. The van der Waals surface area contributed by atoms with Crippen LogP contribution in [0.2, 0.25) is 0 Å². The van der Waals surface area contributed by atoms with Crippen molar-refractivity contribution >= 4 is 28.1 Å². The maximum absolute atomic E-state index is 12.0. The van der Waals surface area contributed by atoms with Crippen LogP contribution >= 0.6 is 15.9 Å². The van der Waals surface area contributed by atoms with Crippen LogP contribution in [0.4, 0.5) is 0 Å². The SMILES string of the molecule is COCc1cc(C)nc(OCC(=O)N/N=C/c2ccc(OC)c(Br)c2)c1C#N. The summed E-state index contributed by atoms with van der Waals surface area (Å²) in [5.41, 5.74) is 4.68. The maximum atomic E-state index is 12.0. The Kier molecular flexibility index (Phi) is 7.92. The summed E-state index contributed by atoms with van der Waals surface area (Å²) in [5, 5.41) is 13.2. The molecule has 1 N–H and O–H groups in total. The average molecular weight is 447 g/mol. The molecule has 0 aliphatic carbocycles. The van der Waals surface area contributed by atoms with Gasteiger partial charge in [-0.25, -0.2) is 10.4 Å². The zero-order chi connectivity index (χ0) is 20.5. The number of carbonyl (C=O) groups is 1. The van der Waals surface area contributed by atoms with Gasteiger partial charge in [0.25, 0.3) is 5.91 Å². The van der Waals surface area contributed by atoms with E-state index in [4.69, 9.17) is 14.2 Å². The number of nitrogens with one attached hydrogen (secondary N) is 1. The summed E-state index contributed by atoms with van der Waals surface area (Å²) >= 11 is 3.38. The molecule has 8 nitrogen and oxygen atoms in total. The van der Waals surface area contributed by atoms with Gasteiger partial charge in [0.1, 0.15) is 17.4 Å². The second-order valence-electron chi connectivity index (χ2n) is 5.62. The number of methoxy groups -OCH3 is 2. The summed E-state index contributed by atoms with van der Waals surface area (Å²) in [7, 11) is 3.11. The molecule has 2 aromatic rings. The van der Waals surface area contributed by atoms with Crippen molar-refractivity contribution in [2.75, 3.05) is 20.8 Å². The fraction of sp³-hybridized carbons (Fsp3) is 0.263. The molecule has 0 fully saturated rings. The largest absolute Gasteiger partial charge is 0.496 e. The summed E-state index contributed by atoms with van der Waals surface area (Å²) in [4.78, 5) is 16.1. The number of pyridine rings is 1. The Hall–Kier alpha value is -2.96. The molecule has 2 rings (SSSR count). The molecule has 0 spiro atoms. The van der Waals surface area contributed by atoms with E-state index in [9.17, 15) is 10.1 Å². The molecule has 0 saturated heterocycles. The third-order valence-corrected chi connectivity index (χ3v) is 4.15. The monoisotopic (exact) mass is 446 g/mol. The lowest BCUT2D eigenvalue weighted by atomic mass is 10.1. The zero-order valence-corrected chi connectivity index (χ0v) is 17.2. The Morgan fingerprint density at radius 3 is 2.82 bits per heavy atom. The molecule has 0 aliphatic heterocycles. The van der Waals surface area contributed by atoms with Crippen LogP contribution in [0, 0.1) is 18.3 Å². The van der Waals surface area contributed by atoms with Crippen LogP contribution in [0.15, 0.2) is 33.8 Å². The standard InChI is InChI=1S/C19H19BrN4O4/c1-12-6-14(10-26-2)15(8-21)19(23-12)28-11-18(25)24-22-9-13-4-5-17(27-3)16(20)7-13/h4-7,9H,10-11H2,1-3H3,(H,24,25)/b22-9+. The van der Waals surface area contributed by atoms with Gasteiger partial charge >= 0.3 is 0 Å². The van der Waals surface area contributed by atoms with E-state index in [-0.39, 0.29) is 24.7 Å². The molecule has 9 heteroatoms. The van der Waals surface area contributed by atoms with E-state index in [1.165, 1.54) is 13.3 Å². The van der Waals surface area contributed by atoms with Crippen LogP contribution in [0.1, 0.15) is 22.4 Å². The fourth-order valence-corrected chi connectivity index (χ4v) is 2.87. The van der Waals surface area contributed by atoms with E-state index < -0.39 is 5.91 Å². The van der Waals surface area contributed by atoms with Crippen molar-refractivity contribution < 1.29 is 19.0 Å². The molecule has 0 aliphatic rings. The van der Waals surface area contributed by atoms with Crippen molar-refractivity contribution in [2.24, 2.45) is 5.10 Å². The molecule has 0 unspecified atom stereocenters. The van der Waals surface area contributed by atoms with Crippen molar-refractivity contribution in [1.82, 2.24) is 10.4 Å². The molecule has 1 heterocycles. The van der Waals surface area contributed by atoms with Gasteiger partial charge in [0.05, 0.1) is 24.4 Å². The van der Waals surface area contributed by atoms with Crippen LogP contribution in [-0.4, -0.2) is 37.9 Å². The molecule has 28 heavy (non-hydrogen) atoms. The number of halogens is 1. The van der Waals surface area contributed by atoms with E-state index in [1.807, 2.05) is 6.07 Å². The van der Waals surface area contributed by atoms with E-state index in [2.05, 4.69) is 31.4 Å². The normalized spacial score (nSPS) is 10.5. The van der Waals surface area contributed by atoms with E-state index in [0.29, 0.717) is 17.0 Å². The zero-order valence-electron chi connectivity index (χ0n) is 15.7. The van der Waals surface area contributed by atoms with Crippen molar-refractivity contribution in [3.8, 4) is 17.7 Å². The average Bonchev–Trinajstić information content (AvgIpc) is 2.66. The number of hydrogen-bond acceptors (Lipinski definition) is 7. The first-order chi connectivity index (χ1) is 13.5. The van der Waals surface area contributed by atoms with E-state index in [0.717, 1.165) is 10.0 Å². The minimum atomic E-state index is -0.482. The minimum Gasteiger partial charge on any atom is -0.496 e.